The van der Waals surface area contributed by atoms with E-state index in [1.807, 2.05) is 6.07 Å². The Kier molecular flexibility index (Phi) is 6.95. The van der Waals surface area contributed by atoms with Gasteiger partial charge in [-0.05, 0) is 18.9 Å². The molecule has 5 heteroatoms. The van der Waals surface area contributed by atoms with E-state index in [4.69, 9.17) is 4.74 Å². The molecule has 2 aromatic carbocycles. The molecule has 0 atom stereocenters. The van der Waals surface area contributed by atoms with Gasteiger partial charge in [0.05, 0.1) is 5.56 Å². The fourth-order valence-corrected chi connectivity index (χ4v) is 3.51. The number of nitrogens with one attached hydrogen (secondary N) is 1. The predicted molar refractivity (Wildman–Crippen MR) is 106 cm³/mol. The van der Waals surface area contributed by atoms with Crippen LogP contribution in [0.25, 0.3) is 0 Å². The Labute approximate surface area is 165 Å². The van der Waals surface area contributed by atoms with Crippen LogP contribution in [0.1, 0.15) is 64.8 Å². The van der Waals surface area contributed by atoms with E-state index in [9.17, 15) is 14.4 Å². The summed E-state index contributed by atoms with van der Waals surface area (Å²) in [6, 6.07) is 15.4. The van der Waals surface area contributed by atoms with Crippen molar-refractivity contribution in [1.29, 1.82) is 0 Å². The summed E-state index contributed by atoms with van der Waals surface area (Å²) in [5, 5.41) is 2.95. The Morgan fingerprint density at radius 2 is 1.43 bits per heavy atom. The van der Waals surface area contributed by atoms with Crippen molar-refractivity contribution in [3.8, 4) is 0 Å². The summed E-state index contributed by atoms with van der Waals surface area (Å²) in [6.45, 7) is -0.344. The van der Waals surface area contributed by atoms with Gasteiger partial charge in [0.25, 0.3) is 5.91 Å². The van der Waals surface area contributed by atoms with Crippen LogP contribution in [0.15, 0.2) is 54.6 Å². The molecule has 0 aliphatic heterocycles. The molecule has 1 saturated carbocycles. The molecule has 3 rings (SSSR count). The first-order valence-corrected chi connectivity index (χ1v) is 9.80. The molecular formula is C23H25NO4. The Hall–Kier alpha value is -2.95. The van der Waals surface area contributed by atoms with Gasteiger partial charge >= 0.3 is 5.97 Å². The molecule has 0 aromatic heterocycles. The second-order valence-electron chi connectivity index (χ2n) is 7.07. The van der Waals surface area contributed by atoms with Gasteiger partial charge in [-0.2, -0.15) is 0 Å². The highest BCUT2D eigenvalue weighted by Crippen LogP contribution is 2.18. The standard InChI is InChI=1S/C23H25NO4/c25-21(24-18-12-6-1-2-7-13-18)16-28-23(27)20-15-9-8-14-19(20)22(26)17-10-4-3-5-11-17/h3-5,8-11,14-15,18H,1-2,6-7,12-13,16H2,(H,24,25). The van der Waals surface area contributed by atoms with E-state index < -0.39 is 5.97 Å². The van der Waals surface area contributed by atoms with Crippen LogP contribution < -0.4 is 5.32 Å². The summed E-state index contributed by atoms with van der Waals surface area (Å²) in [7, 11) is 0. The molecular weight excluding hydrogens is 354 g/mol. The molecule has 1 amide bonds. The van der Waals surface area contributed by atoms with E-state index in [2.05, 4.69) is 5.32 Å². The number of carbonyl (C=O) groups is 3. The van der Waals surface area contributed by atoms with Gasteiger partial charge in [0.1, 0.15) is 0 Å². The number of amides is 1. The number of carbonyl (C=O) groups excluding carboxylic acids is 3. The summed E-state index contributed by atoms with van der Waals surface area (Å²) in [5.74, 6) is -1.22. The Bertz CT molecular complexity index is 824. The highest BCUT2D eigenvalue weighted by molar-refractivity contribution is 6.14. The molecule has 0 spiro atoms. The number of esters is 1. The molecule has 2 aromatic rings. The average molecular weight is 379 g/mol. The molecule has 1 aliphatic carbocycles. The fraction of sp³-hybridized carbons (Fsp3) is 0.348. The summed E-state index contributed by atoms with van der Waals surface area (Å²) >= 11 is 0. The lowest BCUT2D eigenvalue weighted by molar-refractivity contribution is -0.125. The van der Waals surface area contributed by atoms with Crippen LogP contribution in [0.4, 0.5) is 0 Å². The number of hydrogen-bond acceptors (Lipinski definition) is 4. The monoisotopic (exact) mass is 379 g/mol. The molecule has 1 N–H and O–H groups in total. The van der Waals surface area contributed by atoms with Crippen LogP contribution in [0.2, 0.25) is 0 Å². The molecule has 0 unspecified atom stereocenters. The highest BCUT2D eigenvalue weighted by Gasteiger charge is 2.20. The topological polar surface area (TPSA) is 72.5 Å². The Morgan fingerprint density at radius 1 is 0.821 bits per heavy atom. The second-order valence-corrected chi connectivity index (χ2v) is 7.07. The zero-order valence-corrected chi connectivity index (χ0v) is 15.9. The van der Waals surface area contributed by atoms with E-state index in [0.29, 0.717) is 5.56 Å². The maximum atomic E-state index is 12.7. The molecule has 1 aliphatic rings. The summed E-state index contributed by atoms with van der Waals surface area (Å²) in [6.07, 6.45) is 6.56. The maximum Gasteiger partial charge on any atom is 0.339 e. The van der Waals surface area contributed by atoms with Crippen LogP contribution in [-0.2, 0) is 9.53 Å². The third-order valence-electron chi connectivity index (χ3n) is 4.98. The van der Waals surface area contributed by atoms with Crippen LogP contribution in [0, 0.1) is 0 Å². The lowest BCUT2D eigenvalue weighted by Crippen LogP contribution is -2.37. The average Bonchev–Trinajstić information content (AvgIpc) is 3.00. The highest BCUT2D eigenvalue weighted by atomic mass is 16.5. The minimum absolute atomic E-state index is 0.153. The number of benzene rings is 2. The first kappa shape index (κ1) is 19.8. The zero-order valence-electron chi connectivity index (χ0n) is 15.9. The smallest absolute Gasteiger partial charge is 0.339 e. The van der Waals surface area contributed by atoms with Gasteiger partial charge in [-0.1, -0.05) is 74.2 Å². The quantitative estimate of drug-likeness (QED) is 0.469. The van der Waals surface area contributed by atoms with Crippen LogP contribution in [-0.4, -0.2) is 30.3 Å². The van der Waals surface area contributed by atoms with Crippen molar-refractivity contribution < 1.29 is 19.1 Å². The van der Waals surface area contributed by atoms with Crippen molar-refractivity contribution in [3.05, 3.63) is 71.3 Å². The Balaban J connectivity index is 1.61. The van der Waals surface area contributed by atoms with E-state index in [-0.39, 0.29) is 35.5 Å². The van der Waals surface area contributed by atoms with E-state index in [1.54, 1.807) is 48.5 Å². The minimum atomic E-state index is -0.670. The largest absolute Gasteiger partial charge is 0.452 e. The molecule has 5 nitrogen and oxygen atoms in total. The van der Waals surface area contributed by atoms with E-state index >= 15 is 0 Å². The molecule has 146 valence electrons. The zero-order chi connectivity index (χ0) is 19.8. The summed E-state index contributed by atoms with van der Waals surface area (Å²) < 4.78 is 5.19. The number of rotatable bonds is 6. The first-order chi connectivity index (χ1) is 13.6. The van der Waals surface area contributed by atoms with Crippen molar-refractivity contribution in [1.82, 2.24) is 5.32 Å². The molecule has 0 saturated heterocycles. The summed E-state index contributed by atoms with van der Waals surface area (Å²) in [4.78, 5) is 37.4. The molecule has 0 heterocycles. The maximum absolute atomic E-state index is 12.7. The van der Waals surface area contributed by atoms with E-state index in [0.717, 1.165) is 25.7 Å². The third-order valence-corrected chi connectivity index (χ3v) is 4.98. The molecule has 0 radical (unpaired) electrons. The number of ketones is 1. The van der Waals surface area contributed by atoms with Gasteiger partial charge in [0, 0.05) is 17.2 Å². The summed E-state index contributed by atoms with van der Waals surface area (Å²) in [5.41, 5.74) is 0.926. The molecule has 1 fully saturated rings. The van der Waals surface area contributed by atoms with Crippen molar-refractivity contribution in [2.75, 3.05) is 6.61 Å². The van der Waals surface area contributed by atoms with Crippen molar-refractivity contribution >= 4 is 17.7 Å². The van der Waals surface area contributed by atoms with Crippen LogP contribution in [0.3, 0.4) is 0 Å². The lowest BCUT2D eigenvalue weighted by atomic mass is 9.98. The molecule has 0 bridgehead atoms. The third kappa shape index (κ3) is 5.28. The molecule has 28 heavy (non-hydrogen) atoms. The van der Waals surface area contributed by atoms with Crippen LogP contribution >= 0.6 is 0 Å². The normalized spacial score (nSPS) is 14.7. The van der Waals surface area contributed by atoms with Gasteiger partial charge in [-0.25, -0.2) is 4.79 Å². The Morgan fingerprint density at radius 3 is 2.11 bits per heavy atom. The van der Waals surface area contributed by atoms with E-state index in [1.165, 1.54) is 12.8 Å². The van der Waals surface area contributed by atoms with Gasteiger partial charge < -0.3 is 10.1 Å². The van der Waals surface area contributed by atoms with Crippen LogP contribution in [0.5, 0.6) is 0 Å². The van der Waals surface area contributed by atoms with Crippen molar-refractivity contribution in [2.24, 2.45) is 0 Å². The van der Waals surface area contributed by atoms with Gasteiger partial charge in [-0.15, -0.1) is 0 Å². The number of hydrogen-bond donors (Lipinski definition) is 1. The minimum Gasteiger partial charge on any atom is -0.452 e. The predicted octanol–water partition coefficient (Wildman–Crippen LogP) is 3.91. The van der Waals surface area contributed by atoms with Crippen molar-refractivity contribution in [3.63, 3.8) is 0 Å². The van der Waals surface area contributed by atoms with Gasteiger partial charge in [-0.3, -0.25) is 9.59 Å². The van der Waals surface area contributed by atoms with Crippen molar-refractivity contribution in [2.45, 2.75) is 44.6 Å². The lowest BCUT2D eigenvalue weighted by Gasteiger charge is -2.16. The van der Waals surface area contributed by atoms with Gasteiger partial charge in [0.2, 0.25) is 0 Å². The first-order valence-electron chi connectivity index (χ1n) is 9.80. The fourth-order valence-electron chi connectivity index (χ4n) is 3.51. The second kappa shape index (κ2) is 9.83. The van der Waals surface area contributed by atoms with Gasteiger partial charge in [0.15, 0.2) is 12.4 Å². The SMILES string of the molecule is O=C(COC(=O)c1ccccc1C(=O)c1ccccc1)NC1CCCCCC1. The number of ether oxygens (including phenoxy) is 1.